The SMILES string of the molecule is COc1c(C)cccc1-c1cc(C)cc(C(=O)O)c1. The Morgan fingerprint density at radius 3 is 2.53 bits per heavy atom. The first kappa shape index (κ1) is 13.1. The maximum Gasteiger partial charge on any atom is 0.335 e. The molecule has 0 radical (unpaired) electrons. The van der Waals surface area contributed by atoms with Gasteiger partial charge in [-0.25, -0.2) is 4.79 Å². The van der Waals surface area contributed by atoms with Crippen molar-refractivity contribution in [3.63, 3.8) is 0 Å². The zero-order valence-electron chi connectivity index (χ0n) is 11.2. The molecule has 3 heteroatoms. The summed E-state index contributed by atoms with van der Waals surface area (Å²) in [6, 6.07) is 11.1. The fraction of sp³-hybridized carbons (Fsp3) is 0.188. The van der Waals surface area contributed by atoms with Crippen molar-refractivity contribution in [2.45, 2.75) is 13.8 Å². The molecule has 0 unspecified atom stereocenters. The molecule has 98 valence electrons. The lowest BCUT2D eigenvalue weighted by Gasteiger charge is -2.12. The van der Waals surface area contributed by atoms with Crippen molar-refractivity contribution in [2.24, 2.45) is 0 Å². The lowest BCUT2D eigenvalue weighted by Crippen LogP contribution is -1.98. The van der Waals surface area contributed by atoms with Crippen molar-refractivity contribution >= 4 is 5.97 Å². The summed E-state index contributed by atoms with van der Waals surface area (Å²) in [5.74, 6) is -0.138. The molecule has 0 amide bonds. The lowest BCUT2D eigenvalue weighted by molar-refractivity contribution is 0.0697. The van der Waals surface area contributed by atoms with E-state index in [1.165, 1.54) is 0 Å². The number of aromatic carboxylic acids is 1. The molecule has 0 bridgehead atoms. The van der Waals surface area contributed by atoms with Gasteiger partial charge in [0, 0.05) is 5.56 Å². The van der Waals surface area contributed by atoms with Crippen LogP contribution in [0.2, 0.25) is 0 Å². The van der Waals surface area contributed by atoms with Gasteiger partial charge in [-0.3, -0.25) is 0 Å². The summed E-state index contributed by atoms with van der Waals surface area (Å²) in [5, 5.41) is 9.13. The normalized spacial score (nSPS) is 10.3. The standard InChI is InChI=1S/C16H16O3/c1-10-7-12(9-13(8-10)16(17)18)14-6-4-5-11(2)15(14)19-3/h4-9H,1-3H3,(H,17,18). The number of benzene rings is 2. The van der Waals surface area contributed by atoms with Crippen LogP contribution < -0.4 is 4.74 Å². The Balaban J connectivity index is 2.65. The predicted molar refractivity (Wildman–Crippen MR) is 74.9 cm³/mol. The number of carboxylic acids is 1. The molecule has 0 saturated heterocycles. The van der Waals surface area contributed by atoms with E-state index in [2.05, 4.69) is 0 Å². The monoisotopic (exact) mass is 256 g/mol. The molecule has 0 heterocycles. The third-order valence-electron chi connectivity index (χ3n) is 3.05. The highest BCUT2D eigenvalue weighted by Crippen LogP contribution is 2.33. The molecule has 0 aliphatic rings. The Morgan fingerprint density at radius 2 is 1.89 bits per heavy atom. The Labute approximate surface area is 112 Å². The van der Waals surface area contributed by atoms with Gasteiger partial charge in [-0.2, -0.15) is 0 Å². The highest BCUT2D eigenvalue weighted by atomic mass is 16.5. The molecular formula is C16H16O3. The second-order valence-corrected chi connectivity index (χ2v) is 4.55. The minimum atomic E-state index is -0.920. The number of para-hydroxylation sites is 1. The van der Waals surface area contributed by atoms with Gasteiger partial charge in [0.2, 0.25) is 0 Å². The van der Waals surface area contributed by atoms with Crippen molar-refractivity contribution < 1.29 is 14.6 Å². The fourth-order valence-electron chi connectivity index (χ4n) is 2.21. The molecule has 0 saturated carbocycles. The average Bonchev–Trinajstić information content (AvgIpc) is 2.37. The number of rotatable bonds is 3. The van der Waals surface area contributed by atoms with Gasteiger partial charge in [0.25, 0.3) is 0 Å². The van der Waals surface area contributed by atoms with Gasteiger partial charge in [0.1, 0.15) is 5.75 Å². The van der Waals surface area contributed by atoms with Crippen molar-refractivity contribution in [1.29, 1.82) is 0 Å². The van der Waals surface area contributed by atoms with Gasteiger partial charge >= 0.3 is 5.97 Å². The number of carboxylic acid groups (broad SMARTS) is 1. The predicted octanol–water partition coefficient (Wildman–Crippen LogP) is 3.68. The van der Waals surface area contributed by atoms with Gasteiger partial charge in [-0.05, 0) is 42.7 Å². The summed E-state index contributed by atoms with van der Waals surface area (Å²) in [6.45, 7) is 3.86. The van der Waals surface area contributed by atoms with Crippen LogP contribution in [-0.4, -0.2) is 18.2 Å². The van der Waals surface area contributed by atoms with Gasteiger partial charge in [0.05, 0.1) is 12.7 Å². The van der Waals surface area contributed by atoms with Crippen LogP contribution in [0.15, 0.2) is 36.4 Å². The van der Waals surface area contributed by atoms with E-state index in [1.54, 1.807) is 19.2 Å². The number of hydrogen-bond acceptors (Lipinski definition) is 2. The first-order valence-corrected chi connectivity index (χ1v) is 6.02. The fourth-order valence-corrected chi connectivity index (χ4v) is 2.21. The maximum absolute atomic E-state index is 11.1. The van der Waals surface area contributed by atoms with Gasteiger partial charge in [0.15, 0.2) is 0 Å². The number of aryl methyl sites for hydroxylation is 2. The second kappa shape index (κ2) is 5.14. The highest BCUT2D eigenvalue weighted by Gasteiger charge is 2.11. The Bertz CT molecular complexity index is 630. The van der Waals surface area contributed by atoms with E-state index in [9.17, 15) is 4.79 Å². The third kappa shape index (κ3) is 2.60. The first-order valence-electron chi connectivity index (χ1n) is 6.02. The van der Waals surface area contributed by atoms with E-state index < -0.39 is 5.97 Å². The van der Waals surface area contributed by atoms with Crippen molar-refractivity contribution in [3.05, 3.63) is 53.1 Å². The highest BCUT2D eigenvalue weighted by molar-refractivity contribution is 5.90. The first-order chi connectivity index (χ1) is 9.02. The average molecular weight is 256 g/mol. The van der Waals surface area contributed by atoms with Crippen LogP contribution in [0.25, 0.3) is 11.1 Å². The van der Waals surface area contributed by atoms with E-state index in [0.29, 0.717) is 5.56 Å². The number of methoxy groups -OCH3 is 1. The molecular weight excluding hydrogens is 240 g/mol. The molecule has 0 aliphatic carbocycles. The Hall–Kier alpha value is -2.29. The van der Waals surface area contributed by atoms with Crippen LogP contribution in [0.1, 0.15) is 21.5 Å². The Morgan fingerprint density at radius 1 is 1.16 bits per heavy atom. The van der Waals surface area contributed by atoms with E-state index in [1.807, 2.05) is 38.1 Å². The molecule has 0 fully saturated rings. The topological polar surface area (TPSA) is 46.5 Å². The second-order valence-electron chi connectivity index (χ2n) is 4.55. The zero-order chi connectivity index (χ0) is 14.0. The number of hydrogen-bond donors (Lipinski definition) is 1. The largest absolute Gasteiger partial charge is 0.496 e. The molecule has 3 nitrogen and oxygen atoms in total. The van der Waals surface area contributed by atoms with Gasteiger partial charge in [-0.15, -0.1) is 0 Å². The molecule has 2 rings (SSSR count). The van der Waals surface area contributed by atoms with E-state index >= 15 is 0 Å². The van der Waals surface area contributed by atoms with Crippen LogP contribution in [-0.2, 0) is 0 Å². The van der Waals surface area contributed by atoms with Crippen molar-refractivity contribution in [3.8, 4) is 16.9 Å². The van der Waals surface area contributed by atoms with Crippen LogP contribution >= 0.6 is 0 Å². The van der Waals surface area contributed by atoms with Crippen molar-refractivity contribution in [1.82, 2.24) is 0 Å². The van der Waals surface area contributed by atoms with Crippen molar-refractivity contribution in [2.75, 3.05) is 7.11 Å². The summed E-state index contributed by atoms with van der Waals surface area (Å²) >= 11 is 0. The molecule has 19 heavy (non-hydrogen) atoms. The zero-order valence-corrected chi connectivity index (χ0v) is 11.2. The number of carbonyl (C=O) groups is 1. The Kier molecular flexibility index (Phi) is 3.56. The molecule has 0 aliphatic heterocycles. The number of ether oxygens (including phenoxy) is 1. The molecule has 0 atom stereocenters. The summed E-state index contributed by atoms with van der Waals surface area (Å²) in [5.41, 5.74) is 4.00. The van der Waals surface area contributed by atoms with E-state index in [4.69, 9.17) is 9.84 Å². The molecule has 2 aromatic rings. The summed E-state index contributed by atoms with van der Waals surface area (Å²) in [4.78, 5) is 11.1. The minimum absolute atomic E-state index is 0.290. The molecule has 0 aromatic heterocycles. The molecule has 1 N–H and O–H groups in total. The van der Waals surface area contributed by atoms with Gasteiger partial charge < -0.3 is 9.84 Å². The lowest BCUT2D eigenvalue weighted by atomic mass is 9.98. The van der Waals surface area contributed by atoms with Crippen LogP contribution in [0, 0.1) is 13.8 Å². The van der Waals surface area contributed by atoms with E-state index in [0.717, 1.165) is 28.0 Å². The maximum atomic E-state index is 11.1. The summed E-state index contributed by atoms with van der Waals surface area (Å²) in [6.07, 6.45) is 0. The summed E-state index contributed by atoms with van der Waals surface area (Å²) in [7, 11) is 1.62. The molecule has 0 spiro atoms. The molecule has 2 aromatic carbocycles. The van der Waals surface area contributed by atoms with E-state index in [-0.39, 0.29) is 0 Å². The van der Waals surface area contributed by atoms with Crippen LogP contribution in [0.4, 0.5) is 0 Å². The minimum Gasteiger partial charge on any atom is -0.496 e. The van der Waals surface area contributed by atoms with Crippen LogP contribution in [0.3, 0.4) is 0 Å². The third-order valence-corrected chi connectivity index (χ3v) is 3.05. The quantitative estimate of drug-likeness (QED) is 0.911. The smallest absolute Gasteiger partial charge is 0.335 e. The van der Waals surface area contributed by atoms with Crippen LogP contribution in [0.5, 0.6) is 5.75 Å². The summed E-state index contributed by atoms with van der Waals surface area (Å²) < 4.78 is 5.42. The van der Waals surface area contributed by atoms with Gasteiger partial charge in [-0.1, -0.05) is 24.3 Å².